The molecule has 0 radical (unpaired) electrons. The molecule has 0 saturated carbocycles. The van der Waals surface area contributed by atoms with Gasteiger partial charge in [0.15, 0.2) is 0 Å². The molecule has 2 atom stereocenters. The molecule has 0 aromatic heterocycles. The summed E-state index contributed by atoms with van der Waals surface area (Å²) >= 11 is 0. The van der Waals surface area contributed by atoms with E-state index in [1.165, 1.54) is 27.6 Å². The van der Waals surface area contributed by atoms with Crippen molar-refractivity contribution in [2.75, 3.05) is 19.0 Å². The number of rotatable bonds is 4. The lowest BCUT2D eigenvalue weighted by molar-refractivity contribution is 1.02. The summed E-state index contributed by atoms with van der Waals surface area (Å²) in [5.41, 5.74) is 5.79. The van der Waals surface area contributed by atoms with E-state index in [2.05, 4.69) is 110 Å². The topological polar surface area (TPSA) is 3.24 Å². The summed E-state index contributed by atoms with van der Waals surface area (Å²) in [6, 6.07) is 18.0. The molecule has 2 aromatic carbocycles. The first-order valence-corrected chi connectivity index (χ1v) is 11.8. The van der Waals surface area contributed by atoms with Crippen molar-refractivity contribution in [1.29, 1.82) is 0 Å². The van der Waals surface area contributed by atoms with Gasteiger partial charge in [-0.25, -0.2) is 0 Å². The number of para-hydroxylation sites is 1. The van der Waals surface area contributed by atoms with Gasteiger partial charge >= 0.3 is 0 Å². The van der Waals surface area contributed by atoms with Crippen molar-refractivity contribution < 1.29 is 0 Å². The third-order valence-corrected chi connectivity index (χ3v) is 9.53. The zero-order chi connectivity index (χ0) is 19.1. The second-order valence-corrected chi connectivity index (χ2v) is 10.7. The minimum atomic E-state index is -1.60. The number of anilines is 1. The SMILES string of the molecule is CN(C)c1ccccc1[SiH](C1=CCc2ccccc21)C1=C2C=CC=CC2C=C1. The van der Waals surface area contributed by atoms with Gasteiger partial charge in [-0.3, -0.25) is 0 Å². The van der Waals surface area contributed by atoms with E-state index in [0.717, 1.165) is 6.42 Å². The summed E-state index contributed by atoms with van der Waals surface area (Å²) < 4.78 is 0. The van der Waals surface area contributed by atoms with Crippen LogP contribution in [0, 0.1) is 5.92 Å². The summed E-state index contributed by atoms with van der Waals surface area (Å²) in [6.07, 6.45) is 17.4. The largest absolute Gasteiger partial charge is 0.378 e. The number of hydrogen-bond donors (Lipinski definition) is 0. The number of hydrogen-bond acceptors (Lipinski definition) is 1. The molecule has 0 fully saturated rings. The standard InChI is InChI=1S/C26H25NSi/c1-27(2)23-13-7-8-14-26(23)28(24-17-15-19-9-3-5-11-21(19)24)25-18-16-20-10-4-6-12-22(20)25/h3-15,17-19,28H,16H2,1-2H3. The Bertz CT molecular complexity index is 1080. The Labute approximate surface area is 169 Å². The highest BCUT2D eigenvalue weighted by Crippen LogP contribution is 2.38. The smallest absolute Gasteiger partial charge is 0.136 e. The highest BCUT2D eigenvalue weighted by Gasteiger charge is 2.33. The molecule has 0 aliphatic heterocycles. The molecule has 138 valence electrons. The first kappa shape index (κ1) is 17.3. The Kier molecular flexibility index (Phi) is 4.29. The van der Waals surface area contributed by atoms with Gasteiger partial charge in [0.1, 0.15) is 8.80 Å². The zero-order valence-corrected chi connectivity index (χ0v) is 17.6. The van der Waals surface area contributed by atoms with Crippen LogP contribution in [0.3, 0.4) is 0 Å². The van der Waals surface area contributed by atoms with Crippen LogP contribution in [0.4, 0.5) is 5.69 Å². The van der Waals surface area contributed by atoms with Gasteiger partial charge in [0.25, 0.3) is 0 Å². The van der Waals surface area contributed by atoms with E-state index in [4.69, 9.17) is 0 Å². The number of fused-ring (bicyclic) bond motifs is 2. The second kappa shape index (κ2) is 6.96. The number of nitrogens with zero attached hydrogens (tertiary/aromatic N) is 1. The molecule has 5 rings (SSSR count). The van der Waals surface area contributed by atoms with Crippen molar-refractivity contribution >= 4 is 24.9 Å². The molecule has 1 nitrogen and oxygen atoms in total. The predicted octanol–water partition coefficient (Wildman–Crippen LogP) is 4.51. The van der Waals surface area contributed by atoms with E-state index in [1.54, 1.807) is 10.4 Å². The van der Waals surface area contributed by atoms with Crippen LogP contribution in [0.5, 0.6) is 0 Å². The van der Waals surface area contributed by atoms with Crippen LogP contribution < -0.4 is 10.1 Å². The van der Waals surface area contributed by atoms with E-state index in [-0.39, 0.29) is 0 Å². The Morgan fingerprint density at radius 2 is 1.71 bits per heavy atom. The molecule has 0 spiro atoms. The Morgan fingerprint density at radius 1 is 0.893 bits per heavy atom. The van der Waals surface area contributed by atoms with Crippen molar-refractivity contribution in [1.82, 2.24) is 0 Å². The molecule has 0 heterocycles. The van der Waals surface area contributed by atoms with Crippen molar-refractivity contribution in [3.05, 3.63) is 113 Å². The van der Waals surface area contributed by atoms with Gasteiger partial charge < -0.3 is 4.90 Å². The normalized spacial score (nSPS) is 20.2. The predicted molar refractivity (Wildman–Crippen MR) is 124 cm³/mol. The molecule has 2 unspecified atom stereocenters. The van der Waals surface area contributed by atoms with Crippen LogP contribution >= 0.6 is 0 Å². The second-order valence-electron chi connectivity index (χ2n) is 7.95. The van der Waals surface area contributed by atoms with Gasteiger partial charge in [-0.1, -0.05) is 85.0 Å². The fourth-order valence-corrected chi connectivity index (χ4v) is 8.64. The fraction of sp³-hybridized carbons (Fsp3) is 0.154. The van der Waals surface area contributed by atoms with Crippen LogP contribution in [0.15, 0.2) is 102 Å². The van der Waals surface area contributed by atoms with E-state index in [1.807, 2.05) is 0 Å². The average molecular weight is 380 g/mol. The maximum Gasteiger partial charge on any atom is 0.136 e. The van der Waals surface area contributed by atoms with Crippen molar-refractivity contribution in [2.24, 2.45) is 5.92 Å². The summed E-state index contributed by atoms with van der Waals surface area (Å²) in [5.74, 6) is 0.443. The van der Waals surface area contributed by atoms with Gasteiger partial charge in [0.2, 0.25) is 0 Å². The quantitative estimate of drug-likeness (QED) is 0.706. The Morgan fingerprint density at radius 3 is 2.61 bits per heavy atom. The molecular formula is C26H25NSi. The molecule has 0 N–H and O–H groups in total. The van der Waals surface area contributed by atoms with Crippen LogP contribution in [-0.2, 0) is 6.42 Å². The molecule has 28 heavy (non-hydrogen) atoms. The number of allylic oxidation sites excluding steroid dienone is 9. The van der Waals surface area contributed by atoms with Crippen LogP contribution in [0.25, 0.3) is 5.20 Å². The molecule has 0 amide bonds. The number of benzene rings is 2. The zero-order valence-electron chi connectivity index (χ0n) is 16.5. The van der Waals surface area contributed by atoms with Gasteiger partial charge in [0.05, 0.1) is 0 Å². The molecule has 0 bridgehead atoms. The summed E-state index contributed by atoms with van der Waals surface area (Å²) in [4.78, 5) is 2.27. The van der Waals surface area contributed by atoms with E-state index < -0.39 is 8.80 Å². The third kappa shape index (κ3) is 2.76. The maximum atomic E-state index is 2.51. The van der Waals surface area contributed by atoms with Crippen LogP contribution in [0.1, 0.15) is 11.1 Å². The highest BCUT2D eigenvalue weighted by atomic mass is 28.3. The van der Waals surface area contributed by atoms with Gasteiger partial charge in [-0.2, -0.15) is 0 Å². The van der Waals surface area contributed by atoms with Gasteiger partial charge in [0, 0.05) is 25.7 Å². The lowest BCUT2D eigenvalue weighted by Crippen LogP contribution is -2.37. The molecular weight excluding hydrogens is 354 g/mol. The highest BCUT2D eigenvalue weighted by molar-refractivity contribution is 6.97. The summed E-state index contributed by atoms with van der Waals surface area (Å²) in [6.45, 7) is 0. The van der Waals surface area contributed by atoms with Crippen molar-refractivity contribution in [2.45, 2.75) is 6.42 Å². The molecule has 3 aliphatic rings. The first-order chi connectivity index (χ1) is 13.7. The maximum absolute atomic E-state index is 2.51. The fourth-order valence-electron chi connectivity index (χ4n) is 4.81. The molecule has 0 saturated heterocycles. The minimum absolute atomic E-state index is 0.443. The van der Waals surface area contributed by atoms with Crippen molar-refractivity contribution in [3.8, 4) is 0 Å². The third-order valence-electron chi connectivity index (χ3n) is 6.10. The summed E-state index contributed by atoms with van der Waals surface area (Å²) in [7, 11) is 2.73. The van der Waals surface area contributed by atoms with E-state index in [9.17, 15) is 0 Å². The lowest BCUT2D eigenvalue weighted by Gasteiger charge is -2.27. The minimum Gasteiger partial charge on any atom is -0.378 e. The van der Waals surface area contributed by atoms with Gasteiger partial charge in [-0.15, -0.1) is 0 Å². The van der Waals surface area contributed by atoms with Gasteiger partial charge in [-0.05, 0) is 44.8 Å². The van der Waals surface area contributed by atoms with Crippen LogP contribution in [0.2, 0.25) is 0 Å². The van der Waals surface area contributed by atoms with Crippen molar-refractivity contribution in [3.63, 3.8) is 0 Å². The summed E-state index contributed by atoms with van der Waals surface area (Å²) in [5, 5.41) is 4.68. The average Bonchev–Trinajstić information content (AvgIpc) is 3.34. The van der Waals surface area contributed by atoms with E-state index >= 15 is 0 Å². The molecule has 3 aliphatic carbocycles. The lowest BCUT2D eigenvalue weighted by atomic mass is 9.98. The Hall–Kier alpha value is -2.84. The van der Waals surface area contributed by atoms with Crippen LogP contribution in [-0.4, -0.2) is 22.9 Å². The van der Waals surface area contributed by atoms with E-state index in [0.29, 0.717) is 5.92 Å². The molecule has 2 aromatic rings. The molecule has 2 heteroatoms. The Balaban J connectivity index is 1.73. The first-order valence-electron chi connectivity index (χ1n) is 10.1. The monoisotopic (exact) mass is 379 g/mol.